The second kappa shape index (κ2) is 7.74. The molecule has 6 heteroatoms. The van der Waals surface area contributed by atoms with E-state index in [9.17, 15) is 4.79 Å². The number of nitrogens with zero attached hydrogens (tertiary/aromatic N) is 2. The Hall–Kier alpha value is -3.28. The number of allylic oxidation sites excluding steroid dienone is 1. The lowest BCUT2D eigenvalue weighted by molar-refractivity contribution is 0.103. The van der Waals surface area contributed by atoms with Crippen molar-refractivity contribution < 1.29 is 18.7 Å². The number of hydrogen-bond donors (Lipinski definition) is 0. The van der Waals surface area contributed by atoms with Gasteiger partial charge in [-0.2, -0.15) is 5.10 Å². The van der Waals surface area contributed by atoms with Gasteiger partial charge in [-0.25, -0.2) is 0 Å². The first-order valence-electron chi connectivity index (χ1n) is 8.14. The lowest BCUT2D eigenvalue weighted by atomic mass is 10.2. The molecule has 0 amide bonds. The zero-order valence-electron chi connectivity index (χ0n) is 14.9. The maximum Gasteiger partial charge on any atom is 0.203 e. The molecule has 3 aromatic rings. The van der Waals surface area contributed by atoms with Gasteiger partial charge in [-0.1, -0.05) is 12.1 Å². The molecule has 0 aliphatic rings. The molecule has 0 N–H and O–H groups in total. The lowest BCUT2D eigenvalue weighted by Gasteiger charge is -2.08. The molecule has 2 heterocycles. The number of aromatic nitrogens is 2. The van der Waals surface area contributed by atoms with Crippen LogP contribution in [0, 0.1) is 6.92 Å². The van der Waals surface area contributed by atoms with Crippen LogP contribution in [0.15, 0.2) is 53.0 Å². The van der Waals surface area contributed by atoms with Gasteiger partial charge in [-0.05, 0) is 49.4 Å². The van der Waals surface area contributed by atoms with E-state index in [1.807, 2.05) is 37.3 Å². The predicted molar refractivity (Wildman–Crippen MR) is 97.3 cm³/mol. The molecule has 0 saturated carbocycles. The molecule has 2 aromatic heterocycles. The molecule has 26 heavy (non-hydrogen) atoms. The number of rotatable bonds is 7. The first-order valence-corrected chi connectivity index (χ1v) is 8.14. The van der Waals surface area contributed by atoms with Gasteiger partial charge in [0.1, 0.15) is 23.8 Å². The van der Waals surface area contributed by atoms with E-state index in [1.54, 1.807) is 37.0 Å². The molecule has 0 spiro atoms. The smallest absolute Gasteiger partial charge is 0.203 e. The molecule has 0 aliphatic heterocycles. The number of ketones is 1. The summed E-state index contributed by atoms with van der Waals surface area (Å²) in [7, 11) is 3.34. The van der Waals surface area contributed by atoms with Crippen molar-refractivity contribution >= 4 is 11.9 Å². The molecule has 134 valence electrons. The van der Waals surface area contributed by atoms with Crippen LogP contribution in [-0.4, -0.2) is 22.7 Å². The third-order valence-corrected chi connectivity index (χ3v) is 3.77. The summed E-state index contributed by atoms with van der Waals surface area (Å²) in [6.45, 7) is 2.12. The highest BCUT2D eigenvalue weighted by Crippen LogP contribution is 2.26. The van der Waals surface area contributed by atoms with E-state index in [0.29, 0.717) is 28.7 Å². The fourth-order valence-electron chi connectivity index (χ4n) is 2.53. The first kappa shape index (κ1) is 17.5. The maximum absolute atomic E-state index is 12.2. The van der Waals surface area contributed by atoms with E-state index in [0.717, 1.165) is 5.69 Å². The SMILES string of the molecule is COc1ccccc1OCc1ccc(/C=C/C(=O)c2cc(C)nn2C)o1. The summed E-state index contributed by atoms with van der Waals surface area (Å²) in [5.41, 5.74) is 1.34. The summed E-state index contributed by atoms with van der Waals surface area (Å²) in [4.78, 5) is 12.2. The number of carbonyl (C=O) groups is 1. The second-order valence-electron chi connectivity index (χ2n) is 5.74. The molecule has 6 nitrogen and oxygen atoms in total. The number of methoxy groups -OCH3 is 1. The molecule has 0 saturated heterocycles. The van der Waals surface area contributed by atoms with Crippen LogP contribution in [0.3, 0.4) is 0 Å². The van der Waals surface area contributed by atoms with Crippen LogP contribution in [-0.2, 0) is 13.7 Å². The largest absolute Gasteiger partial charge is 0.493 e. The molecule has 1 aromatic carbocycles. The van der Waals surface area contributed by atoms with Crippen molar-refractivity contribution in [3.63, 3.8) is 0 Å². The van der Waals surface area contributed by atoms with Gasteiger partial charge in [0.2, 0.25) is 5.78 Å². The average Bonchev–Trinajstić information content (AvgIpc) is 3.23. The molecule has 0 radical (unpaired) electrons. The van der Waals surface area contributed by atoms with Crippen molar-refractivity contribution in [2.45, 2.75) is 13.5 Å². The van der Waals surface area contributed by atoms with Crippen LogP contribution in [0.2, 0.25) is 0 Å². The number of benzene rings is 1. The van der Waals surface area contributed by atoms with Gasteiger partial charge in [-0.15, -0.1) is 0 Å². The molecule has 0 fully saturated rings. The number of aryl methyl sites for hydroxylation is 2. The summed E-state index contributed by atoms with van der Waals surface area (Å²) in [6.07, 6.45) is 3.11. The standard InChI is InChI=1S/C20H20N2O4/c1-14-12-17(22(2)21-14)18(23)11-10-15-8-9-16(26-15)13-25-20-7-5-4-6-19(20)24-3/h4-12H,13H2,1-3H3/b11-10+. The molecular formula is C20H20N2O4. The Morgan fingerprint density at radius 2 is 2.00 bits per heavy atom. The number of furan rings is 1. The highest BCUT2D eigenvalue weighted by molar-refractivity contribution is 6.05. The summed E-state index contributed by atoms with van der Waals surface area (Å²) in [5, 5.41) is 4.17. The number of hydrogen-bond acceptors (Lipinski definition) is 5. The molecule has 0 atom stereocenters. The van der Waals surface area contributed by atoms with Crippen molar-refractivity contribution in [2.75, 3.05) is 7.11 Å². The Morgan fingerprint density at radius 1 is 1.23 bits per heavy atom. The monoisotopic (exact) mass is 352 g/mol. The van der Waals surface area contributed by atoms with Crippen LogP contribution in [0.1, 0.15) is 27.7 Å². The van der Waals surface area contributed by atoms with Crippen molar-refractivity contribution in [3.05, 3.63) is 71.4 Å². The van der Waals surface area contributed by atoms with Gasteiger partial charge in [0.25, 0.3) is 0 Å². The predicted octanol–water partition coefficient (Wildman–Crippen LogP) is 3.81. The zero-order chi connectivity index (χ0) is 18.5. The highest BCUT2D eigenvalue weighted by Gasteiger charge is 2.09. The van der Waals surface area contributed by atoms with Crippen LogP contribution in [0.4, 0.5) is 0 Å². The van der Waals surface area contributed by atoms with Crippen LogP contribution < -0.4 is 9.47 Å². The Labute approximate surface area is 151 Å². The number of carbonyl (C=O) groups excluding carboxylic acids is 1. The summed E-state index contributed by atoms with van der Waals surface area (Å²) >= 11 is 0. The van der Waals surface area contributed by atoms with Gasteiger partial charge in [0.15, 0.2) is 11.5 Å². The van der Waals surface area contributed by atoms with Crippen molar-refractivity contribution in [3.8, 4) is 11.5 Å². The molecular weight excluding hydrogens is 332 g/mol. The van der Waals surface area contributed by atoms with Crippen molar-refractivity contribution in [1.29, 1.82) is 0 Å². The second-order valence-corrected chi connectivity index (χ2v) is 5.74. The minimum atomic E-state index is -0.128. The van der Waals surface area contributed by atoms with E-state index in [-0.39, 0.29) is 12.4 Å². The third-order valence-electron chi connectivity index (χ3n) is 3.77. The van der Waals surface area contributed by atoms with Crippen LogP contribution in [0.25, 0.3) is 6.08 Å². The van der Waals surface area contributed by atoms with E-state index >= 15 is 0 Å². The van der Waals surface area contributed by atoms with E-state index in [2.05, 4.69) is 5.10 Å². The first-order chi connectivity index (χ1) is 12.6. The summed E-state index contributed by atoms with van der Waals surface area (Å²) in [6, 6.07) is 12.8. The minimum absolute atomic E-state index is 0.128. The third kappa shape index (κ3) is 4.03. The van der Waals surface area contributed by atoms with Crippen molar-refractivity contribution in [2.24, 2.45) is 7.05 Å². The molecule has 3 rings (SSSR count). The Morgan fingerprint density at radius 3 is 2.69 bits per heavy atom. The summed E-state index contributed by atoms with van der Waals surface area (Å²) < 4.78 is 18.2. The topological polar surface area (TPSA) is 66.5 Å². The Balaban J connectivity index is 1.62. The van der Waals surface area contributed by atoms with Crippen LogP contribution in [0.5, 0.6) is 11.5 Å². The lowest BCUT2D eigenvalue weighted by Crippen LogP contribution is -2.03. The van der Waals surface area contributed by atoms with E-state index in [1.165, 1.54) is 6.08 Å². The fraction of sp³-hybridized carbons (Fsp3) is 0.200. The molecule has 0 unspecified atom stereocenters. The fourth-order valence-corrected chi connectivity index (χ4v) is 2.53. The number of ether oxygens (including phenoxy) is 2. The molecule has 0 aliphatic carbocycles. The quantitative estimate of drug-likeness (QED) is 0.478. The Bertz CT molecular complexity index is 937. The van der Waals surface area contributed by atoms with E-state index in [4.69, 9.17) is 13.9 Å². The van der Waals surface area contributed by atoms with Gasteiger partial charge < -0.3 is 13.9 Å². The molecule has 0 bridgehead atoms. The minimum Gasteiger partial charge on any atom is -0.493 e. The normalized spacial score (nSPS) is 11.0. The van der Waals surface area contributed by atoms with Crippen molar-refractivity contribution in [1.82, 2.24) is 9.78 Å². The Kier molecular flexibility index (Phi) is 5.22. The van der Waals surface area contributed by atoms with Gasteiger partial charge in [0.05, 0.1) is 12.8 Å². The van der Waals surface area contributed by atoms with E-state index < -0.39 is 0 Å². The highest BCUT2D eigenvalue weighted by atomic mass is 16.5. The van der Waals surface area contributed by atoms with Gasteiger partial charge >= 0.3 is 0 Å². The number of para-hydroxylation sites is 2. The van der Waals surface area contributed by atoms with Gasteiger partial charge in [-0.3, -0.25) is 9.48 Å². The average molecular weight is 352 g/mol. The van der Waals surface area contributed by atoms with Crippen LogP contribution >= 0.6 is 0 Å². The maximum atomic E-state index is 12.2. The van der Waals surface area contributed by atoms with Gasteiger partial charge in [0, 0.05) is 7.05 Å². The summed E-state index contributed by atoms with van der Waals surface area (Å²) in [5.74, 6) is 2.41. The zero-order valence-corrected chi connectivity index (χ0v) is 14.9.